The van der Waals surface area contributed by atoms with Crippen LogP contribution in [0.3, 0.4) is 0 Å². The minimum atomic E-state index is -0.917. The third-order valence-corrected chi connectivity index (χ3v) is 7.46. The number of aromatic nitrogens is 1. The molecule has 1 saturated heterocycles. The van der Waals surface area contributed by atoms with Crippen molar-refractivity contribution in [1.82, 2.24) is 4.57 Å². The summed E-state index contributed by atoms with van der Waals surface area (Å²) in [6.45, 7) is 2.41. The second-order valence-corrected chi connectivity index (χ2v) is 10.3. The van der Waals surface area contributed by atoms with Gasteiger partial charge in [0.25, 0.3) is 0 Å². The van der Waals surface area contributed by atoms with Gasteiger partial charge in [0.1, 0.15) is 0 Å². The van der Waals surface area contributed by atoms with Gasteiger partial charge in [-0.25, -0.2) is 0 Å². The van der Waals surface area contributed by atoms with Crippen LogP contribution < -0.4 is 0 Å². The van der Waals surface area contributed by atoms with Gasteiger partial charge in [0.05, 0.1) is 49.5 Å². The van der Waals surface area contributed by atoms with Gasteiger partial charge in [-0.15, -0.1) is 0 Å². The molecule has 9 heteroatoms. The number of aliphatic hydroxyl groups is 1. The van der Waals surface area contributed by atoms with Gasteiger partial charge in [-0.1, -0.05) is 60.7 Å². The molecule has 8 nitrogen and oxygen atoms in total. The Morgan fingerprint density at radius 2 is 1.60 bits per heavy atom. The first-order chi connectivity index (χ1) is 19.4. The van der Waals surface area contributed by atoms with E-state index in [1.165, 1.54) is 12.1 Å². The molecule has 0 saturated carbocycles. The van der Waals surface area contributed by atoms with Crippen molar-refractivity contribution in [3.63, 3.8) is 0 Å². The van der Waals surface area contributed by atoms with Crippen LogP contribution in [0.15, 0.2) is 78.9 Å². The number of ether oxygens (including phenoxy) is 3. The van der Waals surface area contributed by atoms with Gasteiger partial charge in [0.2, 0.25) is 5.82 Å². The summed E-state index contributed by atoms with van der Waals surface area (Å²) in [6, 6.07) is 23.9. The van der Waals surface area contributed by atoms with Crippen molar-refractivity contribution in [2.24, 2.45) is 0 Å². The Morgan fingerprint density at radius 1 is 0.975 bits per heavy atom. The number of rotatable bonds is 12. The van der Waals surface area contributed by atoms with Crippen LogP contribution in [-0.2, 0) is 39.4 Å². The largest absolute Gasteiger partial charge is 0.389 e. The van der Waals surface area contributed by atoms with Crippen LogP contribution in [0, 0.1) is 15.9 Å². The van der Waals surface area contributed by atoms with Gasteiger partial charge in [0.15, 0.2) is 0 Å². The molecule has 1 aromatic heterocycles. The van der Waals surface area contributed by atoms with Crippen LogP contribution >= 0.6 is 0 Å². The Kier molecular flexibility index (Phi) is 8.86. The van der Waals surface area contributed by atoms with Crippen molar-refractivity contribution in [1.29, 1.82) is 0 Å². The monoisotopic (exact) mass is 548 g/mol. The molecule has 1 aliphatic rings. The zero-order valence-electron chi connectivity index (χ0n) is 22.2. The fourth-order valence-corrected chi connectivity index (χ4v) is 5.37. The lowest BCUT2D eigenvalue weighted by Gasteiger charge is -2.38. The van der Waals surface area contributed by atoms with Crippen molar-refractivity contribution in [3.8, 4) is 0 Å². The molecule has 5 rings (SSSR count). The molecular formula is C31H33FN2O6. The second-order valence-electron chi connectivity index (χ2n) is 10.3. The van der Waals surface area contributed by atoms with E-state index < -0.39 is 27.9 Å². The number of nitrogens with zero attached hydrogens (tertiary/aromatic N) is 2. The maximum Gasteiger partial charge on any atom is 0.305 e. The van der Waals surface area contributed by atoms with Gasteiger partial charge in [-0.05, 0) is 30.0 Å². The lowest BCUT2D eigenvalue weighted by Crippen LogP contribution is -2.40. The van der Waals surface area contributed by atoms with Crippen LogP contribution in [0.1, 0.15) is 29.7 Å². The van der Waals surface area contributed by atoms with Crippen LogP contribution in [0.25, 0.3) is 10.9 Å². The highest BCUT2D eigenvalue weighted by Crippen LogP contribution is 2.40. The summed E-state index contributed by atoms with van der Waals surface area (Å²) in [5.74, 6) is -0.917. The van der Waals surface area contributed by atoms with Crippen LogP contribution in [0.4, 0.5) is 10.1 Å². The minimum absolute atomic E-state index is 0.0735. The highest BCUT2D eigenvalue weighted by atomic mass is 19.1. The normalized spacial score (nSPS) is 15.8. The highest BCUT2D eigenvalue weighted by molar-refractivity contribution is 5.84. The summed E-state index contributed by atoms with van der Waals surface area (Å²) >= 11 is 0. The Bertz CT molecular complexity index is 1420. The highest BCUT2D eigenvalue weighted by Gasteiger charge is 2.39. The summed E-state index contributed by atoms with van der Waals surface area (Å²) in [4.78, 5) is 10.8. The van der Waals surface area contributed by atoms with E-state index in [2.05, 4.69) is 0 Å². The molecule has 3 aromatic carbocycles. The Hall–Kier alpha value is -3.63. The van der Waals surface area contributed by atoms with Crippen molar-refractivity contribution in [3.05, 3.63) is 112 Å². The van der Waals surface area contributed by atoms with Crippen molar-refractivity contribution in [2.75, 3.05) is 26.4 Å². The first-order valence-electron chi connectivity index (χ1n) is 13.4. The maximum absolute atomic E-state index is 14.8. The Morgan fingerprint density at radius 3 is 2.23 bits per heavy atom. The lowest BCUT2D eigenvalue weighted by molar-refractivity contribution is -0.387. The zero-order chi connectivity index (χ0) is 28.0. The van der Waals surface area contributed by atoms with E-state index in [1.54, 1.807) is 0 Å². The number of nitro benzene ring substituents is 1. The van der Waals surface area contributed by atoms with Gasteiger partial charge >= 0.3 is 5.69 Å². The molecule has 1 N–H and O–H groups in total. The second kappa shape index (κ2) is 12.7. The summed E-state index contributed by atoms with van der Waals surface area (Å²) in [6.07, 6.45) is 0.422. The average Bonchev–Trinajstić information content (AvgIpc) is 3.31. The average molecular weight is 549 g/mol. The molecular weight excluding hydrogens is 515 g/mol. The standard InChI is InChI=1S/C31H33FN2O6/c32-27-17-28-25(15-29(27)34(36)37)16-30(33(28)18-26(35)21-39-19-23-7-3-1-4-8-23)31(11-13-38-14-12-31)22-40-20-24-9-5-2-6-10-24/h1-10,15-17,26,35H,11-14,18-22H2/t26-/m1/s1. The fourth-order valence-electron chi connectivity index (χ4n) is 5.37. The van der Waals surface area contributed by atoms with Crippen molar-refractivity contribution < 1.29 is 28.6 Å². The third kappa shape index (κ3) is 6.39. The lowest BCUT2D eigenvalue weighted by atomic mass is 9.77. The number of aliphatic hydroxyl groups excluding tert-OH is 1. The minimum Gasteiger partial charge on any atom is -0.389 e. The maximum atomic E-state index is 14.8. The van der Waals surface area contributed by atoms with Crippen molar-refractivity contribution >= 4 is 16.6 Å². The summed E-state index contributed by atoms with van der Waals surface area (Å²) < 4.78 is 34.4. The van der Waals surface area contributed by atoms with Gasteiger partial charge in [-0.2, -0.15) is 4.39 Å². The summed E-state index contributed by atoms with van der Waals surface area (Å²) in [5.41, 5.74) is 2.29. The Labute approximate surface area is 232 Å². The van der Waals surface area contributed by atoms with E-state index in [9.17, 15) is 19.6 Å². The predicted octanol–water partition coefficient (Wildman–Crippen LogP) is 5.53. The molecule has 1 fully saturated rings. The number of halogens is 1. The van der Waals surface area contributed by atoms with E-state index in [0.717, 1.165) is 16.8 Å². The molecule has 210 valence electrons. The third-order valence-electron chi connectivity index (χ3n) is 7.46. The molecule has 4 aromatic rings. The van der Waals surface area contributed by atoms with E-state index in [1.807, 2.05) is 71.3 Å². The Balaban J connectivity index is 1.45. The predicted molar refractivity (Wildman–Crippen MR) is 148 cm³/mol. The molecule has 0 aliphatic carbocycles. The number of hydrogen-bond acceptors (Lipinski definition) is 6. The van der Waals surface area contributed by atoms with Crippen LogP contribution in [0.2, 0.25) is 0 Å². The number of hydrogen-bond donors (Lipinski definition) is 1. The van der Waals surface area contributed by atoms with Gasteiger partial charge in [0, 0.05) is 41.8 Å². The quantitative estimate of drug-likeness (QED) is 0.185. The van der Waals surface area contributed by atoms with Gasteiger partial charge in [-0.3, -0.25) is 10.1 Å². The summed E-state index contributed by atoms with van der Waals surface area (Å²) in [7, 11) is 0. The molecule has 0 amide bonds. The van der Waals surface area contributed by atoms with Crippen LogP contribution in [0.5, 0.6) is 0 Å². The number of benzene rings is 3. The van der Waals surface area contributed by atoms with E-state index >= 15 is 0 Å². The molecule has 0 radical (unpaired) electrons. The summed E-state index contributed by atoms with van der Waals surface area (Å²) in [5, 5.41) is 23.0. The molecule has 1 aliphatic heterocycles. The topological polar surface area (TPSA) is 96.0 Å². The van der Waals surface area contributed by atoms with E-state index in [4.69, 9.17) is 14.2 Å². The first-order valence-corrected chi connectivity index (χ1v) is 13.4. The van der Waals surface area contributed by atoms with Crippen molar-refractivity contribution in [2.45, 2.75) is 44.1 Å². The van der Waals surface area contributed by atoms with E-state index in [0.29, 0.717) is 56.8 Å². The van der Waals surface area contributed by atoms with E-state index in [-0.39, 0.29) is 13.2 Å². The molecule has 2 heterocycles. The molecule has 40 heavy (non-hydrogen) atoms. The van der Waals surface area contributed by atoms with Gasteiger partial charge < -0.3 is 23.9 Å². The molecule has 1 atom stereocenters. The fraction of sp³-hybridized carbons (Fsp3) is 0.355. The SMILES string of the molecule is O=[N+]([O-])c1cc2cc(C3(COCc4ccccc4)CCOCC3)n(C[C@@H](O)COCc3ccccc3)c2cc1F. The zero-order valence-corrected chi connectivity index (χ0v) is 22.2. The van der Waals surface area contributed by atoms with Crippen LogP contribution in [-0.4, -0.2) is 47.1 Å². The molecule has 0 spiro atoms. The molecule has 0 unspecified atom stereocenters. The number of fused-ring (bicyclic) bond motifs is 1. The first kappa shape index (κ1) is 27.9. The number of nitro groups is 1. The smallest absolute Gasteiger partial charge is 0.305 e. The molecule has 0 bridgehead atoms.